The maximum Gasteiger partial charge on any atom is 0.279 e. The molecule has 0 spiro atoms. The summed E-state index contributed by atoms with van der Waals surface area (Å²) in [6, 6.07) is 0.161. The topological polar surface area (TPSA) is 75.4 Å². The highest BCUT2D eigenvalue weighted by atomic mass is 35.5. The van der Waals surface area contributed by atoms with Gasteiger partial charge in [0.25, 0.3) is 10.2 Å². The number of rotatable bonds is 4. The van der Waals surface area contributed by atoms with Crippen LogP contribution in [0.2, 0.25) is 0 Å². The zero-order valence-electron chi connectivity index (χ0n) is 9.85. The summed E-state index contributed by atoms with van der Waals surface area (Å²) in [6.45, 7) is 5.38. The van der Waals surface area contributed by atoms with Crippen LogP contribution in [-0.4, -0.2) is 38.4 Å². The minimum Gasteiger partial charge on any atom is -0.328 e. The van der Waals surface area contributed by atoms with Crippen molar-refractivity contribution in [2.45, 2.75) is 32.7 Å². The Labute approximate surface area is 104 Å². The van der Waals surface area contributed by atoms with E-state index in [0.717, 1.165) is 12.8 Å². The fraction of sp³-hybridized carbons (Fsp3) is 1.00. The van der Waals surface area contributed by atoms with E-state index >= 15 is 0 Å². The average Bonchev–Trinajstić information content (AvgIpc) is 2.18. The second kappa shape index (κ2) is 6.76. The van der Waals surface area contributed by atoms with Crippen LogP contribution in [0, 0.1) is 5.92 Å². The monoisotopic (exact) mass is 271 g/mol. The van der Waals surface area contributed by atoms with E-state index in [1.54, 1.807) is 6.92 Å². The van der Waals surface area contributed by atoms with Gasteiger partial charge < -0.3 is 5.73 Å². The smallest absolute Gasteiger partial charge is 0.279 e. The SMILES string of the molecule is CCNS(=O)(=O)N1CCC(C(C)N)CC1.Cl. The van der Waals surface area contributed by atoms with E-state index in [2.05, 4.69) is 4.72 Å². The Bertz CT molecular complexity index is 287. The molecule has 1 aliphatic heterocycles. The van der Waals surface area contributed by atoms with Gasteiger partial charge in [0.15, 0.2) is 0 Å². The molecule has 0 amide bonds. The first-order chi connectivity index (χ1) is 6.97. The van der Waals surface area contributed by atoms with Gasteiger partial charge in [0.1, 0.15) is 0 Å². The van der Waals surface area contributed by atoms with Crippen LogP contribution in [0.1, 0.15) is 26.7 Å². The summed E-state index contributed by atoms with van der Waals surface area (Å²) in [5.41, 5.74) is 5.80. The second-order valence-corrected chi connectivity index (χ2v) is 5.85. The minimum atomic E-state index is -3.24. The van der Waals surface area contributed by atoms with Gasteiger partial charge in [-0.3, -0.25) is 0 Å². The zero-order chi connectivity index (χ0) is 11.5. The van der Waals surface area contributed by atoms with Crippen molar-refractivity contribution < 1.29 is 8.42 Å². The highest BCUT2D eigenvalue weighted by molar-refractivity contribution is 7.87. The molecule has 1 unspecified atom stereocenters. The maximum atomic E-state index is 11.6. The Hall–Kier alpha value is 0.120. The van der Waals surface area contributed by atoms with Crippen LogP contribution in [0.25, 0.3) is 0 Å². The molecule has 1 rings (SSSR count). The van der Waals surface area contributed by atoms with Crippen molar-refractivity contribution in [2.75, 3.05) is 19.6 Å². The number of nitrogens with two attached hydrogens (primary N) is 1. The van der Waals surface area contributed by atoms with Gasteiger partial charge in [0.2, 0.25) is 0 Å². The minimum absolute atomic E-state index is 0. The van der Waals surface area contributed by atoms with Gasteiger partial charge in [-0.1, -0.05) is 6.92 Å². The summed E-state index contributed by atoms with van der Waals surface area (Å²) in [5.74, 6) is 0.457. The molecule has 0 saturated carbocycles. The standard InChI is InChI=1S/C9H21N3O2S.ClH/c1-3-11-15(13,14)12-6-4-9(5-7-12)8(2)10;/h8-9,11H,3-7,10H2,1-2H3;1H. The number of hydrogen-bond donors (Lipinski definition) is 2. The molecule has 0 aliphatic carbocycles. The van der Waals surface area contributed by atoms with Crippen LogP contribution in [0.4, 0.5) is 0 Å². The molecular formula is C9H22ClN3O2S. The largest absolute Gasteiger partial charge is 0.328 e. The highest BCUT2D eigenvalue weighted by Crippen LogP contribution is 2.20. The summed E-state index contributed by atoms with van der Waals surface area (Å²) >= 11 is 0. The van der Waals surface area contributed by atoms with E-state index in [-0.39, 0.29) is 18.4 Å². The second-order valence-electron chi connectivity index (χ2n) is 4.10. The first kappa shape index (κ1) is 16.1. The molecule has 1 aliphatic rings. The molecule has 1 heterocycles. The molecule has 1 atom stereocenters. The number of halogens is 1. The highest BCUT2D eigenvalue weighted by Gasteiger charge is 2.28. The first-order valence-electron chi connectivity index (χ1n) is 5.47. The molecule has 0 bridgehead atoms. The van der Waals surface area contributed by atoms with Gasteiger partial charge in [-0.2, -0.15) is 12.7 Å². The molecule has 1 saturated heterocycles. The fourth-order valence-corrected chi connectivity index (χ4v) is 3.15. The van der Waals surface area contributed by atoms with E-state index < -0.39 is 10.2 Å². The number of hydrogen-bond acceptors (Lipinski definition) is 3. The summed E-state index contributed by atoms with van der Waals surface area (Å²) in [5, 5.41) is 0. The van der Waals surface area contributed by atoms with Gasteiger partial charge in [0, 0.05) is 25.7 Å². The van der Waals surface area contributed by atoms with E-state index in [9.17, 15) is 8.42 Å². The van der Waals surface area contributed by atoms with Gasteiger partial charge in [-0.25, -0.2) is 4.72 Å². The molecule has 98 valence electrons. The van der Waals surface area contributed by atoms with E-state index in [4.69, 9.17) is 5.73 Å². The van der Waals surface area contributed by atoms with Crippen molar-refractivity contribution in [3.8, 4) is 0 Å². The van der Waals surface area contributed by atoms with Gasteiger partial charge in [-0.15, -0.1) is 12.4 Å². The van der Waals surface area contributed by atoms with Crippen LogP contribution >= 0.6 is 12.4 Å². The molecular weight excluding hydrogens is 250 g/mol. The quantitative estimate of drug-likeness (QED) is 0.773. The van der Waals surface area contributed by atoms with Gasteiger partial charge in [-0.05, 0) is 25.7 Å². The van der Waals surface area contributed by atoms with Crippen molar-refractivity contribution >= 4 is 22.6 Å². The Morgan fingerprint density at radius 1 is 1.44 bits per heavy atom. The molecule has 1 fully saturated rings. The van der Waals surface area contributed by atoms with E-state index in [0.29, 0.717) is 25.6 Å². The van der Waals surface area contributed by atoms with Crippen LogP contribution in [-0.2, 0) is 10.2 Å². The number of nitrogens with one attached hydrogen (secondary N) is 1. The molecule has 7 heteroatoms. The number of nitrogens with zero attached hydrogens (tertiary/aromatic N) is 1. The lowest BCUT2D eigenvalue weighted by atomic mass is 9.92. The molecule has 5 nitrogen and oxygen atoms in total. The predicted molar refractivity (Wildman–Crippen MR) is 67.8 cm³/mol. The van der Waals surface area contributed by atoms with Crippen molar-refractivity contribution in [3.63, 3.8) is 0 Å². The van der Waals surface area contributed by atoms with Gasteiger partial charge >= 0.3 is 0 Å². The lowest BCUT2D eigenvalue weighted by Gasteiger charge is -2.32. The van der Waals surface area contributed by atoms with Crippen LogP contribution in [0.15, 0.2) is 0 Å². The Morgan fingerprint density at radius 2 is 1.94 bits per heavy atom. The third-order valence-corrected chi connectivity index (χ3v) is 4.61. The molecule has 0 aromatic rings. The summed E-state index contributed by atoms with van der Waals surface area (Å²) in [6.07, 6.45) is 1.73. The molecule has 0 aromatic carbocycles. The third kappa shape index (κ3) is 4.18. The van der Waals surface area contributed by atoms with E-state index in [1.807, 2.05) is 6.92 Å². The molecule has 0 radical (unpaired) electrons. The average molecular weight is 272 g/mol. The predicted octanol–water partition coefficient (Wildman–Crippen LogP) is 0.322. The van der Waals surface area contributed by atoms with Crippen molar-refractivity contribution in [1.29, 1.82) is 0 Å². The van der Waals surface area contributed by atoms with E-state index in [1.165, 1.54) is 4.31 Å². The van der Waals surface area contributed by atoms with Gasteiger partial charge in [0.05, 0.1) is 0 Å². The first-order valence-corrected chi connectivity index (χ1v) is 6.91. The summed E-state index contributed by atoms with van der Waals surface area (Å²) in [4.78, 5) is 0. The Kier molecular flexibility index (Phi) is 6.81. The van der Waals surface area contributed by atoms with Crippen LogP contribution in [0.3, 0.4) is 0 Å². The lowest BCUT2D eigenvalue weighted by molar-refractivity contribution is 0.249. The van der Waals surface area contributed by atoms with Crippen LogP contribution < -0.4 is 10.5 Å². The molecule has 3 N–H and O–H groups in total. The molecule has 0 aromatic heterocycles. The molecule has 16 heavy (non-hydrogen) atoms. The normalized spacial score (nSPS) is 21.4. The summed E-state index contributed by atoms with van der Waals surface area (Å²) in [7, 11) is -3.24. The maximum absolute atomic E-state index is 11.6. The summed E-state index contributed by atoms with van der Waals surface area (Å²) < 4.78 is 27.3. The fourth-order valence-electron chi connectivity index (χ4n) is 1.92. The number of piperidine rings is 1. The van der Waals surface area contributed by atoms with Crippen molar-refractivity contribution in [2.24, 2.45) is 11.7 Å². The zero-order valence-corrected chi connectivity index (χ0v) is 11.5. The van der Waals surface area contributed by atoms with Crippen LogP contribution in [0.5, 0.6) is 0 Å². The Morgan fingerprint density at radius 3 is 2.31 bits per heavy atom. The van der Waals surface area contributed by atoms with Crippen molar-refractivity contribution in [3.05, 3.63) is 0 Å². The third-order valence-electron chi connectivity index (χ3n) is 2.91. The van der Waals surface area contributed by atoms with Crippen molar-refractivity contribution in [1.82, 2.24) is 9.03 Å². The lowest BCUT2D eigenvalue weighted by Crippen LogP contribution is -2.47. The Balaban J connectivity index is 0.00000225.